The van der Waals surface area contributed by atoms with Gasteiger partial charge in [-0.25, -0.2) is 0 Å². The van der Waals surface area contributed by atoms with Gasteiger partial charge in [0, 0.05) is 31.4 Å². The molecule has 0 unspecified atom stereocenters. The van der Waals surface area contributed by atoms with Crippen molar-refractivity contribution in [3.8, 4) is 0 Å². The molecule has 0 saturated heterocycles. The van der Waals surface area contributed by atoms with Gasteiger partial charge in [0.05, 0.1) is 16.6 Å². The van der Waals surface area contributed by atoms with Gasteiger partial charge in [-0.05, 0) is 34.4 Å². The molecule has 0 atom stereocenters. The van der Waals surface area contributed by atoms with Crippen LogP contribution in [0.1, 0.15) is 0 Å². The van der Waals surface area contributed by atoms with Crippen LogP contribution in [-0.2, 0) is 0 Å². The quantitative estimate of drug-likeness (QED) is 0.173. The van der Waals surface area contributed by atoms with Crippen LogP contribution in [0.4, 0.5) is 0 Å². The second-order valence-electron chi connectivity index (χ2n) is 7.52. The molecule has 0 aliphatic heterocycles. The molecule has 2 heteroatoms. The molecule has 5 aromatic carbocycles. The molecular formula is C26H14BrN. The molecule has 1 nitrogen and oxygen atoms in total. The summed E-state index contributed by atoms with van der Waals surface area (Å²) >= 11 is 3.81. The number of rotatable bonds is 0. The van der Waals surface area contributed by atoms with Crippen LogP contribution < -0.4 is 0 Å². The van der Waals surface area contributed by atoms with Gasteiger partial charge in [-0.1, -0.05) is 82.7 Å². The van der Waals surface area contributed by atoms with Gasteiger partial charge in [0.15, 0.2) is 0 Å². The average Bonchev–Trinajstić information content (AvgIpc) is 3.07. The Morgan fingerprint density at radius 2 is 1.25 bits per heavy atom. The highest BCUT2D eigenvalue weighted by atomic mass is 79.9. The second kappa shape index (κ2) is 5.03. The van der Waals surface area contributed by atoms with Crippen molar-refractivity contribution < 1.29 is 0 Å². The predicted molar refractivity (Wildman–Crippen MR) is 124 cm³/mol. The maximum Gasteiger partial charge on any atom is 0.0625 e. The normalized spacial score (nSPS) is 12.5. The van der Waals surface area contributed by atoms with Crippen LogP contribution in [0, 0.1) is 0 Å². The van der Waals surface area contributed by atoms with Crippen LogP contribution in [0.3, 0.4) is 0 Å². The summed E-state index contributed by atoms with van der Waals surface area (Å²) in [5.41, 5.74) is 3.87. The number of benzene rings is 5. The molecule has 0 bridgehead atoms. The van der Waals surface area contributed by atoms with E-state index in [0.717, 1.165) is 4.47 Å². The van der Waals surface area contributed by atoms with Crippen LogP contribution >= 0.6 is 15.9 Å². The van der Waals surface area contributed by atoms with Crippen LogP contribution in [-0.4, -0.2) is 4.40 Å². The van der Waals surface area contributed by atoms with E-state index in [9.17, 15) is 0 Å². The molecule has 2 aromatic heterocycles. The first-order valence-electron chi connectivity index (χ1n) is 9.50. The summed E-state index contributed by atoms with van der Waals surface area (Å²) in [4.78, 5) is 0. The minimum absolute atomic E-state index is 1.15. The number of nitrogens with zero attached hydrogens (tertiary/aromatic N) is 1. The standard InChI is InChI=1S/C26H14BrN/c27-21-12-5-13-22-24(21)20-11-4-10-19-18-9-3-7-16-14-15-6-1-2-8-17(15)26(23(16)18)28(22)25(19)20/h1-14H. The van der Waals surface area contributed by atoms with Gasteiger partial charge < -0.3 is 4.40 Å². The van der Waals surface area contributed by atoms with E-state index in [1.54, 1.807) is 0 Å². The maximum atomic E-state index is 3.81. The Morgan fingerprint density at radius 3 is 2.21 bits per heavy atom. The van der Waals surface area contributed by atoms with E-state index in [4.69, 9.17) is 0 Å². The molecule has 0 saturated carbocycles. The van der Waals surface area contributed by atoms with Gasteiger partial charge in [0.1, 0.15) is 0 Å². The number of hydrogen-bond donors (Lipinski definition) is 0. The molecule has 0 amide bonds. The minimum atomic E-state index is 1.15. The molecule has 7 aromatic rings. The van der Waals surface area contributed by atoms with Crippen molar-refractivity contribution in [2.45, 2.75) is 0 Å². The first-order valence-corrected chi connectivity index (χ1v) is 10.3. The fourth-order valence-electron chi connectivity index (χ4n) is 5.07. The van der Waals surface area contributed by atoms with Crippen molar-refractivity contribution in [1.29, 1.82) is 0 Å². The summed E-state index contributed by atoms with van der Waals surface area (Å²) in [6, 6.07) is 31.0. The lowest BCUT2D eigenvalue weighted by Gasteiger charge is -2.15. The van der Waals surface area contributed by atoms with E-state index in [1.165, 1.54) is 59.6 Å². The van der Waals surface area contributed by atoms with Gasteiger partial charge >= 0.3 is 0 Å². The van der Waals surface area contributed by atoms with Crippen molar-refractivity contribution in [3.63, 3.8) is 0 Å². The largest absolute Gasteiger partial charge is 0.307 e. The fourth-order valence-corrected chi connectivity index (χ4v) is 5.64. The Kier molecular flexibility index (Phi) is 2.68. The molecule has 7 rings (SSSR count). The van der Waals surface area contributed by atoms with Gasteiger partial charge in [-0.3, -0.25) is 0 Å². The Bertz CT molecular complexity index is 1720. The number of hydrogen-bond acceptors (Lipinski definition) is 0. The van der Waals surface area contributed by atoms with E-state index >= 15 is 0 Å². The zero-order valence-corrected chi connectivity index (χ0v) is 16.5. The number of para-hydroxylation sites is 1. The van der Waals surface area contributed by atoms with Crippen molar-refractivity contribution >= 4 is 75.6 Å². The van der Waals surface area contributed by atoms with Crippen LogP contribution in [0.15, 0.2) is 89.4 Å². The van der Waals surface area contributed by atoms with Gasteiger partial charge in [-0.2, -0.15) is 0 Å². The molecule has 0 aliphatic carbocycles. The number of fused-ring (bicyclic) bond motifs is 7. The average molecular weight is 420 g/mol. The Hall–Kier alpha value is -3.10. The zero-order chi connectivity index (χ0) is 18.4. The van der Waals surface area contributed by atoms with E-state index < -0.39 is 0 Å². The molecular weight excluding hydrogens is 406 g/mol. The third-order valence-corrected chi connectivity index (χ3v) is 6.80. The predicted octanol–water partition coefficient (Wildman–Crippen LogP) is 7.91. The second-order valence-corrected chi connectivity index (χ2v) is 8.38. The molecule has 0 radical (unpaired) electrons. The summed E-state index contributed by atoms with van der Waals surface area (Å²) in [5, 5.41) is 10.5. The molecule has 2 heterocycles. The van der Waals surface area contributed by atoms with Gasteiger partial charge in [0.25, 0.3) is 0 Å². The van der Waals surface area contributed by atoms with Crippen LogP contribution in [0.2, 0.25) is 0 Å². The van der Waals surface area contributed by atoms with E-state index in [1.807, 2.05) is 0 Å². The van der Waals surface area contributed by atoms with E-state index in [-0.39, 0.29) is 0 Å². The van der Waals surface area contributed by atoms with Crippen molar-refractivity contribution in [2.75, 3.05) is 0 Å². The number of pyridine rings is 1. The highest BCUT2D eigenvalue weighted by Crippen LogP contribution is 2.44. The Morgan fingerprint density at radius 1 is 0.536 bits per heavy atom. The zero-order valence-electron chi connectivity index (χ0n) is 14.9. The van der Waals surface area contributed by atoms with E-state index in [2.05, 4.69) is 105 Å². The summed E-state index contributed by atoms with van der Waals surface area (Å²) in [6.45, 7) is 0. The lowest BCUT2D eigenvalue weighted by atomic mass is 9.95. The van der Waals surface area contributed by atoms with Crippen molar-refractivity contribution in [1.82, 2.24) is 4.40 Å². The van der Waals surface area contributed by atoms with Crippen molar-refractivity contribution in [2.24, 2.45) is 0 Å². The van der Waals surface area contributed by atoms with Crippen molar-refractivity contribution in [3.05, 3.63) is 89.4 Å². The topological polar surface area (TPSA) is 4.41 Å². The smallest absolute Gasteiger partial charge is 0.0625 e. The molecule has 130 valence electrons. The number of aromatic nitrogens is 1. The molecule has 0 fully saturated rings. The highest BCUT2D eigenvalue weighted by molar-refractivity contribution is 9.10. The van der Waals surface area contributed by atoms with Crippen LogP contribution in [0.5, 0.6) is 0 Å². The van der Waals surface area contributed by atoms with Crippen LogP contribution in [0.25, 0.3) is 59.6 Å². The number of halogens is 1. The molecule has 28 heavy (non-hydrogen) atoms. The third kappa shape index (κ3) is 1.64. The fraction of sp³-hybridized carbons (Fsp3) is 0. The summed E-state index contributed by atoms with van der Waals surface area (Å²) in [7, 11) is 0. The molecule has 0 aliphatic rings. The van der Waals surface area contributed by atoms with E-state index in [0.29, 0.717) is 0 Å². The summed E-state index contributed by atoms with van der Waals surface area (Å²) < 4.78 is 3.64. The van der Waals surface area contributed by atoms with Gasteiger partial charge in [-0.15, -0.1) is 0 Å². The monoisotopic (exact) mass is 419 g/mol. The minimum Gasteiger partial charge on any atom is -0.307 e. The lowest BCUT2D eigenvalue weighted by Crippen LogP contribution is -1.94. The first kappa shape index (κ1) is 14.9. The summed E-state index contributed by atoms with van der Waals surface area (Å²) in [5.74, 6) is 0. The Balaban J connectivity index is 2.02. The van der Waals surface area contributed by atoms with Gasteiger partial charge in [0.2, 0.25) is 0 Å². The molecule has 0 N–H and O–H groups in total. The Labute approximate surface area is 169 Å². The summed E-state index contributed by atoms with van der Waals surface area (Å²) in [6.07, 6.45) is 0. The molecule has 0 spiro atoms. The SMILES string of the molecule is Brc1cccc2c1c1cccc3c4cccc5cc6ccccc6c(c54)n2c31. The highest BCUT2D eigenvalue weighted by Gasteiger charge is 2.19. The third-order valence-electron chi connectivity index (χ3n) is 6.14. The lowest BCUT2D eigenvalue weighted by molar-refractivity contribution is 1.36. The first-order chi connectivity index (χ1) is 13.8. The maximum absolute atomic E-state index is 3.81.